The van der Waals surface area contributed by atoms with Crippen LogP contribution in [0.1, 0.15) is 43.5 Å². The Morgan fingerprint density at radius 2 is 2.04 bits per heavy atom. The topological polar surface area (TPSA) is 74.1 Å². The predicted octanol–water partition coefficient (Wildman–Crippen LogP) is 3.07. The van der Waals surface area contributed by atoms with Crippen LogP contribution in [0.5, 0.6) is 5.75 Å². The molecule has 25 heavy (non-hydrogen) atoms. The molecule has 2 aliphatic rings. The van der Waals surface area contributed by atoms with E-state index in [4.69, 9.17) is 4.74 Å². The molecular formula is C17H21N3O3S2. The van der Waals surface area contributed by atoms with Gasteiger partial charge in [0.2, 0.25) is 0 Å². The summed E-state index contributed by atoms with van der Waals surface area (Å²) in [6.45, 7) is 0. The van der Waals surface area contributed by atoms with Crippen molar-refractivity contribution in [2.24, 2.45) is 0 Å². The second kappa shape index (κ2) is 6.64. The standard InChI is InChI=1S/C17H21N3O3S2/c1-23-14-3-2-4-15(11-14)25(21,22)10-9-24-17-19-18-16(12-5-6-12)20(17)13-7-8-13/h2-4,11-13H,5-10H2,1H3. The fourth-order valence-corrected chi connectivity index (χ4v) is 5.53. The number of rotatable bonds is 8. The third-order valence-corrected chi connectivity index (χ3v) is 7.45. The van der Waals surface area contributed by atoms with Crippen molar-refractivity contribution in [1.82, 2.24) is 14.8 Å². The molecule has 2 aliphatic carbocycles. The van der Waals surface area contributed by atoms with Crippen LogP contribution in [-0.4, -0.2) is 41.8 Å². The van der Waals surface area contributed by atoms with Crippen molar-refractivity contribution in [3.05, 3.63) is 30.1 Å². The predicted molar refractivity (Wildman–Crippen MR) is 96.0 cm³/mol. The molecule has 2 fully saturated rings. The van der Waals surface area contributed by atoms with Gasteiger partial charge in [0.1, 0.15) is 11.6 Å². The number of nitrogens with zero attached hydrogens (tertiary/aromatic N) is 3. The maximum atomic E-state index is 12.5. The Bertz CT molecular complexity index is 871. The lowest BCUT2D eigenvalue weighted by atomic mass is 10.3. The SMILES string of the molecule is COc1cccc(S(=O)(=O)CCSc2nnc(C3CC3)n2C2CC2)c1. The van der Waals surface area contributed by atoms with Gasteiger partial charge in [-0.25, -0.2) is 8.42 Å². The molecule has 1 aromatic carbocycles. The molecular weight excluding hydrogens is 358 g/mol. The summed E-state index contributed by atoms with van der Waals surface area (Å²) in [5.41, 5.74) is 0. The van der Waals surface area contributed by atoms with Gasteiger partial charge in [0, 0.05) is 17.7 Å². The average molecular weight is 380 g/mol. The maximum absolute atomic E-state index is 12.5. The number of methoxy groups -OCH3 is 1. The van der Waals surface area contributed by atoms with E-state index < -0.39 is 9.84 Å². The van der Waals surface area contributed by atoms with Crippen LogP contribution in [0.4, 0.5) is 0 Å². The summed E-state index contributed by atoms with van der Waals surface area (Å²) in [7, 11) is -1.80. The Morgan fingerprint density at radius 3 is 2.72 bits per heavy atom. The van der Waals surface area contributed by atoms with Crippen molar-refractivity contribution in [1.29, 1.82) is 0 Å². The lowest BCUT2D eigenvalue weighted by Crippen LogP contribution is -2.10. The van der Waals surface area contributed by atoms with Crippen LogP contribution in [0.2, 0.25) is 0 Å². The van der Waals surface area contributed by atoms with E-state index in [1.807, 2.05) is 0 Å². The van der Waals surface area contributed by atoms with E-state index in [1.54, 1.807) is 24.3 Å². The molecule has 2 aromatic rings. The number of thioether (sulfide) groups is 1. The largest absolute Gasteiger partial charge is 0.497 e. The van der Waals surface area contributed by atoms with Gasteiger partial charge in [0.25, 0.3) is 0 Å². The summed E-state index contributed by atoms with van der Waals surface area (Å²) in [5, 5.41) is 9.55. The third-order valence-electron chi connectivity index (χ3n) is 4.53. The molecule has 0 bridgehead atoms. The van der Waals surface area contributed by atoms with Crippen LogP contribution < -0.4 is 4.74 Å². The van der Waals surface area contributed by atoms with E-state index in [2.05, 4.69) is 14.8 Å². The molecule has 0 atom stereocenters. The fourth-order valence-electron chi connectivity index (χ4n) is 2.84. The first kappa shape index (κ1) is 16.9. The highest BCUT2D eigenvalue weighted by atomic mass is 32.2. The van der Waals surface area contributed by atoms with E-state index in [9.17, 15) is 8.42 Å². The monoisotopic (exact) mass is 379 g/mol. The van der Waals surface area contributed by atoms with Crippen molar-refractivity contribution >= 4 is 21.6 Å². The summed E-state index contributed by atoms with van der Waals surface area (Å²) >= 11 is 1.49. The van der Waals surface area contributed by atoms with Crippen LogP contribution in [0, 0.1) is 0 Å². The molecule has 1 heterocycles. The second-order valence-electron chi connectivity index (χ2n) is 6.56. The molecule has 4 rings (SSSR count). The van der Waals surface area contributed by atoms with Crippen molar-refractivity contribution in [3.8, 4) is 5.75 Å². The maximum Gasteiger partial charge on any atom is 0.191 e. The van der Waals surface area contributed by atoms with Gasteiger partial charge >= 0.3 is 0 Å². The molecule has 6 nitrogen and oxygen atoms in total. The fraction of sp³-hybridized carbons (Fsp3) is 0.529. The molecule has 0 aliphatic heterocycles. The van der Waals surface area contributed by atoms with Crippen LogP contribution in [-0.2, 0) is 9.84 Å². The number of hydrogen-bond acceptors (Lipinski definition) is 6. The number of ether oxygens (including phenoxy) is 1. The lowest BCUT2D eigenvalue weighted by Gasteiger charge is -2.09. The zero-order chi connectivity index (χ0) is 17.4. The molecule has 1 aromatic heterocycles. The van der Waals surface area contributed by atoms with E-state index in [0.29, 0.717) is 28.4 Å². The summed E-state index contributed by atoms with van der Waals surface area (Å²) in [5.74, 6) is 2.75. The normalized spacial score (nSPS) is 17.6. The highest BCUT2D eigenvalue weighted by molar-refractivity contribution is 8.00. The van der Waals surface area contributed by atoms with E-state index >= 15 is 0 Å². The van der Waals surface area contributed by atoms with Crippen LogP contribution in [0.3, 0.4) is 0 Å². The van der Waals surface area contributed by atoms with Gasteiger partial charge in [-0.2, -0.15) is 0 Å². The zero-order valence-electron chi connectivity index (χ0n) is 14.1. The quantitative estimate of drug-likeness (QED) is 0.656. The minimum absolute atomic E-state index is 0.0706. The minimum atomic E-state index is -3.34. The summed E-state index contributed by atoms with van der Waals surface area (Å²) < 4.78 is 32.4. The molecule has 0 amide bonds. The lowest BCUT2D eigenvalue weighted by molar-refractivity contribution is 0.413. The molecule has 0 radical (unpaired) electrons. The van der Waals surface area contributed by atoms with Gasteiger partial charge in [-0.05, 0) is 43.9 Å². The molecule has 134 valence electrons. The first-order valence-corrected chi connectivity index (χ1v) is 11.2. The van der Waals surface area contributed by atoms with Crippen LogP contribution in [0.25, 0.3) is 0 Å². The number of aromatic nitrogens is 3. The molecule has 0 spiro atoms. The summed E-state index contributed by atoms with van der Waals surface area (Å²) in [6, 6.07) is 7.14. The smallest absolute Gasteiger partial charge is 0.191 e. The van der Waals surface area contributed by atoms with Gasteiger partial charge in [-0.1, -0.05) is 17.8 Å². The highest BCUT2D eigenvalue weighted by Crippen LogP contribution is 2.46. The van der Waals surface area contributed by atoms with Crippen molar-refractivity contribution in [3.63, 3.8) is 0 Å². The zero-order valence-corrected chi connectivity index (χ0v) is 15.7. The molecule has 2 saturated carbocycles. The van der Waals surface area contributed by atoms with Gasteiger partial charge in [-0.3, -0.25) is 0 Å². The first-order chi connectivity index (χ1) is 12.1. The van der Waals surface area contributed by atoms with E-state index in [-0.39, 0.29) is 5.75 Å². The Hall–Kier alpha value is -1.54. The Labute approximate surface area is 151 Å². The molecule has 8 heteroatoms. The molecule has 0 saturated heterocycles. The number of hydrogen-bond donors (Lipinski definition) is 0. The number of sulfone groups is 1. The summed E-state index contributed by atoms with van der Waals surface area (Å²) in [6.07, 6.45) is 4.74. The van der Waals surface area contributed by atoms with E-state index in [1.165, 1.54) is 44.6 Å². The van der Waals surface area contributed by atoms with Crippen molar-refractivity contribution in [2.75, 3.05) is 18.6 Å². The Kier molecular flexibility index (Phi) is 4.49. The van der Waals surface area contributed by atoms with Crippen molar-refractivity contribution < 1.29 is 13.2 Å². The minimum Gasteiger partial charge on any atom is -0.497 e. The second-order valence-corrected chi connectivity index (χ2v) is 9.73. The Balaban J connectivity index is 1.43. The third kappa shape index (κ3) is 3.69. The van der Waals surface area contributed by atoms with Crippen molar-refractivity contribution in [2.45, 2.75) is 47.7 Å². The molecule has 0 unspecified atom stereocenters. The van der Waals surface area contributed by atoms with Gasteiger partial charge in [0.15, 0.2) is 15.0 Å². The Morgan fingerprint density at radius 1 is 1.24 bits per heavy atom. The number of benzene rings is 1. The average Bonchev–Trinajstić information content (AvgIpc) is 3.54. The van der Waals surface area contributed by atoms with E-state index in [0.717, 1.165) is 11.0 Å². The highest BCUT2D eigenvalue weighted by Gasteiger charge is 2.36. The van der Waals surface area contributed by atoms with Gasteiger partial charge in [0.05, 0.1) is 17.8 Å². The summed E-state index contributed by atoms with van der Waals surface area (Å²) in [4.78, 5) is 0.301. The van der Waals surface area contributed by atoms with Gasteiger partial charge < -0.3 is 9.30 Å². The van der Waals surface area contributed by atoms with Crippen LogP contribution >= 0.6 is 11.8 Å². The molecule has 0 N–H and O–H groups in total. The van der Waals surface area contributed by atoms with Crippen LogP contribution in [0.15, 0.2) is 34.3 Å². The van der Waals surface area contributed by atoms with Gasteiger partial charge in [-0.15, -0.1) is 10.2 Å². The first-order valence-electron chi connectivity index (χ1n) is 8.53.